The molecule has 0 aliphatic carbocycles. The zero-order valence-corrected chi connectivity index (χ0v) is 8.61. The fourth-order valence-corrected chi connectivity index (χ4v) is 0.756. The molecule has 1 N–H and O–H groups in total. The van der Waals surface area contributed by atoms with Gasteiger partial charge in [-0.15, -0.1) is 0 Å². The maximum atomic E-state index is 5.01. The molecule has 9 heavy (non-hydrogen) atoms. The molecule has 0 heterocycles. The van der Waals surface area contributed by atoms with Crippen molar-refractivity contribution in [2.75, 3.05) is 13.2 Å². The normalized spacial score (nSPS) is 14.0. The van der Waals surface area contributed by atoms with Crippen LogP contribution in [0.5, 0.6) is 0 Å². The van der Waals surface area contributed by atoms with Gasteiger partial charge in [-0.3, -0.25) is 0 Å². The molecule has 2 nitrogen and oxygen atoms in total. The van der Waals surface area contributed by atoms with E-state index in [1.165, 1.54) is 6.42 Å². The van der Waals surface area contributed by atoms with Crippen LogP contribution in [0.3, 0.4) is 0 Å². The summed E-state index contributed by atoms with van der Waals surface area (Å²) in [4.78, 5) is 0. The predicted molar refractivity (Wildman–Crippen MR) is 43.6 cm³/mol. The van der Waals surface area contributed by atoms with E-state index in [4.69, 9.17) is 4.43 Å². The second-order valence-corrected chi connectivity index (χ2v) is 2.83. The first-order valence-corrected chi connectivity index (χ1v) is 4.35. The molecule has 0 bridgehead atoms. The fourth-order valence-electron chi connectivity index (χ4n) is 0.552. The van der Waals surface area contributed by atoms with Gasteiger partial charge in [0.15, 0.2) is 0 Å². The molecule has 0 amide bonds. The van der Waals surface area contributed by atoms with Gasteiger partial charge in [0.2, 0.25) is 0 Å². The van der Waals surface area contributed by atoms with Crippen molar-refractivity contribution >= 4 is 10.5 Å². The third-order valence-corrected chi connectivity index (χ3v) is 1.82. The van der Waals surface area contributed by atoms with Gasteiger partial charge < -0.3 is 9.74 Å². The van der Waals surface area contributed by atoms with Crippen molar-refractivity contribution in [1.82, 2.24) is 5.32 Å². The molecule has 0 fully saturated rings. The fraction of sp³-hybridized carbons (Fsp3) is 1.00. The molecule has 0 aromatic carbocycles. The third kappa shape index (κ3) is 6.02. The molecule has 0 aromatic rings. The van der Waals surface area contributed by atoms with Crippen LogP contribution in [-0.4, -0.2) is 29.7 Å². The zero-order chi connectivity index (χ0) is 7.11. The van der Waals surface area contributed by atoms with Crippen LogP contribution in [0, 0.1) is 0 Å². The number of hydrogen-bond acceptors (Lipinski definition) is 2. The van der Waals surface area contributed by atoms with Crippen molar-refractivity contribution in [1.29, 1.82) is 0 Å². The van der Waals surface area contributed by atoms with Crippen molar-refractivity contribution in [3.8, 4) is 0 Å². The Morgan fingerprint density at radius 3 is 2.78 bits per heavy atom. The summed E-state index contributed by atoms with van der Waals surface area (Å²) in [5.74, 6) is 0. The zero-order valence-electron chi connectivity index (χ0n) is 6.61. The highest BCUT2D eigenvalue weighted by Gasteiger charge is 1.93. The number of nitrogens with one attached hydrogen (secondary N) is 1. The van der Waals surface area contributed by atoms with Crippen molar-refractivity contribution in [2.24, 2.45) is 0 Å². The molecule has 0 spiro atoms. The maximum absolute atomic E-state index is 5.01. The van der Waals surface area contributed by atoms with Crippen LogP contribution in [0.2, 0.25) is 0 Å². The Balaban J connectivity index is 2.88. The van der Waals surface area contributed by atoms with E-state index in [1.54, 1.807) is 0 Å². The molecule has 0 aliphatic heterocycles. The van der Waals surface area contributed by atoms with Gasteiger partial charge in [-0.2, -0.15) is 0 Å². The minimum Gasteiger partial charge on any atom is -0.427 e. The summed E-state index contributed by atoms with van der Waals surface area (Å²) in [5, 5.41) is 3.33. The molecule has 0 radical (unpaired) electrons. The molecule has 1 unspecified atom stereocenters. The highest BCUT2D eigenvalue weighted by Crippen LogP contribution is 1.85. The van der Waals surface area contributed by atoms with Crippen molar-refractivity contribution in [3.05, 3.63) is 0 Å². The standard InChI is InChI=1S/C6H17NOSi/c1-3-6(2)7-4-5-8-9/h6-7H,3-5H2,1-2,9H3. The molecule has 0 saturated carbocycles. The largest absolute Gasteiger partial charge is 0.427 e. The highest BCUT2D eigenvalue weighted by atomic mass is 28.2. The first kappa shape index (κ1) is 9.14. The predicted octanol–water partition coefficient (Wildman–Crippen LogP) is -0.329. The van der Waals surface area contributed by atoms with Gasteiger partial charge in [-0.1, -0.05) is 6.92 Å². The Bertz CT molecular complexity index is 61.0. The van der Waals surface area contributed by atoms with Crippen LogP contribution in [-0.2, 0) is 4.43 Å². The number of rotatable bonds is 5. The summed E-state index contributed by atoms with van der Waals surface area (Å²) in [5.41, 5.74) is 0. The minimum atomic E-state index is 0.641. The van der Waals surface area contributed by atoms with Gasteiger partial charge in [0.05, 0.1) is 0 Å². The van der Waals surface area contributed by atoms with Crippen LogP contribution in [0.25, 0.3) is 0 Å². The van der Waals surface area contributed by atoms with E-state index >= 15 is 0 Å². The van der Waals surface area contributed by atoms with Crippen LogP contribution >= 0.6 is 0 Å². The molecule has 0 saturated heterocycles. The number of hydrogen-bond donors (Lipinski definition) is 1. The van der Waals surface area contributed by atoms with E-state index in [0.29, 0.717) is 6.04 Å². The van der Waals surface area contributed by atoms with Crippen LogP contribution in [0.15, 0.2) is 0 Å². The van der Waals surface area contributed by atoms with E-state index in [-0.39, 0.29) is 0 Å². The van der Waals surface area contributed by atoms with Crippen LogP contribution in [0.1, 0.15) is 20.3 Å². The summed E-state index contributed by atoms with van der Waals surface area (Å²) < 4.78 is 5.01. The lowest BCUT2D eigenvalue weighted by Crippen LogP contribution is -2.28. The van der Waals surface area contributed by atoms with E-state index in [9.17, 15) is 0 Å². The summed E-state index contributed by atoms with van der Waals surface area (Å²) in [7, 11) is 0.861. The monoisotopic (exact) mass is 147 g/mol. The smallest absolute Gasteiger partial charge is 0.146 e. The molecule has 3 heteroatoms. The second-order valence-electron chi connectivity index (χ2n) is 2.26. The van der Waals surface area contributed by atoms with E-state index < -0.39 is 0 Å². The van der Waals surface area contributed by atoms with Gasteiger partial charge in [-0.05, 0) is 13.3 Å². The molecule has 0 aliphatic rings. The first-order chi connectivity index (χ1) is 4.31. The molecule has 0 aromatic heterocycles. The summed E-state index contributed by atoms with van der Waals surface area (Å²) in [6.45, 7) is 6.24. The topological polar surface area (TPSA) is 21.3 Å². The van der Waals surface area contributed by atoms with E-state index in [1.807, 2.05) is 0 Å². The van der Waals surface area contributed by atoms with Gasteiger partial charge in [0.1, 0.15) is 10.5 Å². The van der Waals surface area contributed by atoms with Crippen molar-refractivity contribution in [3.63, 3.8) is 0 Å². The molecule has 1 atom stereocenters. The van der Waals surface area contributed by atoms with Gasteiger partial charge in [0.25, 0.3) is 0 Å². The molecular formula is C6H17NOSi. The first-order valence-electron chi connectivity index (χ1n) is 3.53. The van der Waals surface area contributed by atoms with E-state index in [0.717, 1.165) is 23.6 Å². The second kappa shape index (κ2) is 6.26. The summed E-state index contributed by atoms with van der Waals surface area (Å²) in [6, 6.07) is 0.641. The molecule has 0 rings (SSSR count). The minimum absolute atomic E-state index is 0.641. The quantitative estimate of drug-likeness (QED) is 0.425. The van der Waals surface area contributed by atoms with Crippen LogP contribution < -0.4 is 5.32 Å². The average Bonchev–Trinajstić information content (AvgIpc) is 1.89. The average molecular weight is 147 g/mol. The summed E-state index contributed by atoms with van der Waals surface area (Å²) >= 11 is 0. The van der Waals surface area contributed by atoms with Gasteiger partial charge >= 0.3 is 0 Å². The molecule has 56 valence electrons. The Kier molecular flexibility index (Phi) is 6.35. The Hall–Kier alpha value is 0.137. The van der Waals surface area contributed by atoms with Crippen LogP contribution in [0.4, 0.5) is 0 Å². The third-order valence-electron chi connectivity index (χ3n) is 1.41. The maximum Gasteiger partial charge on any atom is 0.146 e. The van der Waals surface area contributed by atoms with Crippen molar-refractivity contribution in [2.45, 2.75) is 26.3 Å². The summed E-state index contributed by atoms with van der Waals surface area (Å²) in [6.07, 6.45) is 1.20. The van der Waals surface area contributed by atoms with Gasteiger partial charge in [-0.25, -0.2) is 0 Å². The Labute approximate surface area is 60.5 Å². The van der Waals surface area contributed by atoms with Crippen molar-refractivity contribution < 1.29 is 4.43 Å². The lowest BCUT2D eigenvalue weighted by Gasteiger charge is -2.09. The van der Waals surface area contributed by atoms with E-state index in [2.05, 4.69) is 19.2 Å². The highest BCUT2D eigenvalue weighted by molar-refractivity contribution is 5.97. The molecular weight excluding hydrogens is 130 g/mol. The van der Waals surface area contributed by atoms with Gasteiger partial charge in [0, 0.05) is 19.2 Å². The lowest BCUT2D eigenvalue weighted by atomic mass is 10.3. The lowest BCUT2D eigenvalue weighted by molar-refractivity contribution is 0.333. The SMILES string of the molecule is CCC(C)NCCO[SiH3]. The Morgan fingerprint density at radius 1 is 1.67 bits per heavy atom. The Morgan fingerprint density at radius 2 is 2.33 bits per heavy atom.